The number of methoxy groups -OCH3 is 2. The number of likely N-dealkylation sites (tertiary alicyclic amines) is 2. The van der Waals surface area contributed by atoms with Crippen LogP contribution in [0.5, 0.6) is 0 Å². The van der Waals surface area contributed by atoms with Gasteiger partial charge in [0.1, 0.15) is 23.7 Å². The molecule has 60 heavy (non-hydrogen) atoms. The molecule has 4 amide bonds. The van der Waals surface area contributed by atoms with E-state index < -0.39 is 30.3 Å². The Morgan fingerprint density at radius 1 is 0.783 bits per heavy atom. The number of imidazole rings is 2. The van der Waals surface area contributed by atoms with E-state index in [1.54, 1.807) is 48.7 Å². The van der Waals surface area contributed by atoms with Gasteiger partial charge in [0.25, 0.3) is 5.91 Å². The monoisotopic (exact) mass is 816 g/mol. The van der Waals surface area contributed by atoms with Crippen LogP contribution in [-0.4, -0.2) is 98.3 Å². The number of aromatic amines is 2. The molecule has 314 valence electrons. The molecular weight excluding hydrogens is 765 g/mol. The van der Waals surface area contributed by atoms with Gasteiger partial charge < -0.3 is 45.0 Å². The molecule has 15 nitrogen and oxygen atoms in total. The molecule has 0 spiro atoms. The zero-order valence-electron chi connectivity index (χ0n) is 34.4. The predicted molar refractivity (Wildman–Crippen MR) is 224 cm³/mol. The minimum atomic E-state index is -1.28. The summed E-state index contributed by atoms with van der Waals surface area (Å²) >= 11 is 0. The molecule has 6 atom stereocenters. The SMILES string of the molecule is COC[C@H]1C[C@@H](c2ncc(-c3ccc(-c4ccc(-c5cnc([C@@H]6CC[C@H](C)N6C(=O)[C@@H](NC(=O)OC)C(C)C)[nH]5)cc4)cc3)[nH]2)N(C(=O)[C@H](NC(=O)O)c2ccccc2)C1. The fourth-order valence-corrected chi connectivity index (χ4v) is 8.48. The topological polar surface area (TPSA) is 195 Å². The molecule has 2 aromatic heterocycles. The highest BCUT2D eigenvalue weighted by atomic mass is 16.5. The fraction of sp³-hybridized carbons (Fsp3) is 0.378. The van der Waals surface area contributed by atoms with Crippen LogP contribution in [0.25, 0.3) is 33.6 Å². The van der Waals surface area contributed by atoms with Gasteiger partial charge >= 0.3 is 12.2 Å². The van der Waals surface area contributed by atoms with Crippen LogP contribution in [0, 0.1) is 11.8 Å². The molecule has 0 bridgehead atoms. The number of rotatable bonds is 13. The summed E-state index contributed by atoms with van der Waals surface area (Å²) in [7, 11) is 2.92. The maximum atomic E-state index is 14.0. The van der Waals surface area contributed by atoms with E-state index in [0.717, 1.165) is 46.5 Å². The molecular formula is C45H52N8O7. The first-order valence-electron chi connectivity index (χ1n) is 20.3. The van der Waals surface area contributed by atoms with Crippen LogP contribution in [0.15, 0.2) is 91.3 Å². The first kappa shape index (κ1) is 41.7. The molecule has 3 aromatic carbocycles. The fourth-order valence-electron chi connectivity index (χ4n) is 8.48. The molecule has 7 rings (SSSR count). The van der Waals surface area contributed by atoms with Crippen molar-refractivity contribution in [2.75, 3.05) is 27.4 Å². The van der Waals surface area contributed by atoms with E-state index in [2.05, 4.69) is 32.7 Å². The number of carboxylic acid groups (broad SMARTS) is 1. The Hall–Kier alpha value is -6.48. The third-order valence-corrected chi connectivity index (χ3v) is 11.6. The molecule has 2 fully saturated rings. The number of carbonyl (C=O) groups excluding carboxylic acids is 3. The number of amides is 4. The van der Waals surface area contributed by atoms with Crippen LogP contribution < -0.4 is 10.6 Å². The summed E-state index contributed by atoms with van der Waals surface area (Å²) in [5.74, 6) is 0.758. The van der Waals surface area contributed by atoms with Crippen molar-refractivity contribution in [1.29, 1.82) is 0 Å². The highest BCUT2D eigenvalue weighted by Gasteiger charge is 2.42. The Labute approximate surface area is 348 Å². The number of H-pyrrole nitrogens is 2. The van der Waals surface area contributed by atoms with Crippen molar-refractivity contribution in [3.8, 4) is 33.6 Å². The van der Waals surface area contributed by atoms with Crippen LogP contribution in [0.2, 0.25) is 0 Å². The zero-order valence-corrected chi connectivity index (χ0v) is 34.4. The van der Waals surface area contributed by atoms with Crippen LogP contribution in [0.3, 0.4) is 0 Å². The third kappa shape index (κ3) is 8.90. The normalized spacial score (nSPS) is 19.9. The number of alkyl carbamates (subject to hydrolysis) is 1. The molecule has 0 unspecified atom stereocenters. The van der Waals surface area contributed by atoms with Gasteiger partial charge in [0.05, 0.1) is 49.6 Å². The minimum absolute atomic E-state index is 0.0113. The maximum absolute atomic E-state index is 14.0. The van der Waals surface area contributed by atoms with E-state index in [9.17, 15) is 24.3 Å². The molecule has 2 aliphatic rings. The summed E-state index contributed by atoms with van der Waals surface area (Å²) in [4.78, 5) is 71.5. The number of ether oxygens (including phenoxy) is 2. The summed E-state index contributed by atoms with van der Waals surface area (Å²) in [6, 6.07) is 22.8. The number of nitrogens with one attached hydrogen (secondary N) is 4. The molecule has 5 aromatic rings. The van der Waals surface area contributed by atoms with Gasteiger partial charge in [0.2, 0.25) is 5.91 Å². The van der Waals surface area contributed by atoms with Crippen LogP contribution in [0.4, 0.5) is 9.59 Å². The van der Waals surface area contributed by atoms with E-state index in [-0.39, 0.29) is 35.7 Å². The number of carbonyl (C=O) groups is 4. The highest BCUT2D eigenvalue weighted by molar-refractivity contribution is 5.88. The molecule has 2 saturated heterocycles. The lowest BCUT2D eigenvalue weighted by molar-refractivity contribution is -0.137. The molecule has 4 heterocycles. The first-order valence-corrected chi connectivity index (χ1v) is 20.3. The third-order valence-electron chi connectivity index (χ3n) is 11.6. The molecule has 0 saturated carbocycles. The highest BCUT2D eigenvalue weighted by Crippen LogP contribution is 2.39. The zero-order chi connectivity index (χ0) is 42.5. The largest absolute Gasteiger partial charge is 0.465 e. The van der Waals surface area contributed by atoms with E-state index >= 15 is 0 Å². The lowest BCUT2D eigenvalue weighted by atomic mass is 10.0. The quantitative estimate of drug-likeness (QED) is 0.0823. The number of hydrogen-bond donors (Lipinski definition) is 5. The van der Waals surface area contributed by atoms with Crippen molar-refractivity contribution in [2.24, 2.45) is 11.8 Å². The van der Waals surface area contributed by atoms with Gasteiger partial charge in [0.15, 0.2) is 0 Å². The smallest absolute Gasteiger partial charge is 0.407 e. The average Bonchev–Trinajstić information content (AvgIpc) is 4.09. The van der Waals surface area contributed by atoms with Crippen molar-refractivity contribution in [1.82, 2.24) is 40.4 Å². The Kier molecular flexibility index (Phi) is 12.6. The van der Waals surface area contributed by atoms with Gasteiger partial charge in [-0.2, -0.15) is 0 Å². The Morgan fingerprint density at radius 3 is 1.88 bits per heavy atom. The van der Waals surface area contributed by atoms with Gasteiger partial charge in [-0.3, -0.25) is 9.59 Å². The molecule has 0 radical (unpaired) electrons. The second-order valence-electron chi connectivity index (χ2n) is 15.9. The van der Waals surface area contributed by atoms with Crippen LogP contribution in [-0.2, 0) is 19.1 Å². The van der Waals surface area contributed by atoms with E-state index in [1.165, 1.54) is 7.11 Å². The van der Waals surface area contributed by atoms with Gasteiger partial charge in [-0.15, -0.1) is 0 Å². The predicted octanol–water partition coefficient (Wildman–Crippen LogP) is 7.11. The van der Waals surface area contributed by atoms with E-state index in [0.29, 0.717) is 36.8 Å². The van der Waals surface area contributed by atoms with Gasteiger partial charge in [0, 0.05) is 25.6 Å². The number of benzene rings is 3. The summed E-state index contributed by atoms with van der Waals surface area (Å²) in [6.45, 7) is 6.68. The van der Waals surface area contributed by atoms with Crippen molar-refractivity contribution < 1.29 is 33.8 Å². The Balaban J connectivity index is 1.04. The van der Waals surface area contributed by atoms with Crippen molar-refractivity contribution >= 4 is 24.0 Å². The van der Waals surface area contributed by atoms with Gasteiger partial charge in [-0.25, -0.2) is 19.6 Å². The maximum Gasteiger partial charge on any atom is 0.407 e. The lowest BCUT2D eigenvalue weighted by Gasteiger charge is -2.32. The Morgan fingerprint density at radius 2 is 1.35 bits per heavy atom. The first-order chi connectivity index (χ1) is 28.9. The van der Waals surface area contributed by atoms with Gasteiger partial charge in [-0.1, -0.05) is 92.7 Å². The molecule has 5 N–H and O–H groups in total. The minimum Gasteiger partial charge on any atom is -0.465 e. The second-order valence-corrected chi connectivity index (χ2v) is 15.9. The number of aromatic nitrogens is 4. The number of hydrogen-bond acceptors (Lipinski definition) is 8. The lowest BCUT2D eigenvalue weighted by Crippen LogP contribution is -2.52. The standard InChI is InChI=1S/C45H52N8O7/c1-26(2)38(51-45(58)60-5)43(55)53-27(3)11-20-36(53)40-46-22-34(48-40)31-16-12-29(13-17-31)30-14-18-32(19-15-30)35-23-47-41(49-35)37-21-28(25-59-4)24-52(37)42(54)39(50-44(56)57)33-9-7-6-8-10-33/h6-10,12-19,22-23,26-28,36-39,50H,11,20-21,24-25H2,1-5H3,(H,46,48)(H,47,49)(H,51,58)(H,56,57)/t27-,28-,36-,37-,38-,39+/m0/s1. The average molecular weight is 817 g/mol. The molecule has 15 heteroatoms. The summed E-state index contributed by atoms with van der Waals surface area (Å²) in [5.41, 5.74) is 6.13. The van der Waals surface area contributed by atoms with Crippen molar-refractivity contribution in [2.45, 2.75) is 70.2 Å². The Bertz CT molecular complexity index is 2270. The van der Waals surface area contributed by atoms with E-state index in [1.807, 2.05) is 68.1 Å². The second kappa shape index (κ2) is 18.2. The summed E-state index contributed by atoms with van der Waals surface area (Å²) in [6.07, 6.45) is 3.84. The molecule has 2 aliphatic heterocycles. The van der Waals surface area contributed by atoms with Crippen LogP contribution in [0.1, 0.15) is 75.4 Å². The summed E-state index contributed by atoms with van der Waals surface area (Å²) in [5, 5.41) is 14.7. The van der Waals surface area contributed by atoms with E-state index in [4.69, 9.17) is 19.4 Å². The van der Waals surface area contributed by atoms with Crippen molar-refractivity contribution in [3.05, 3.63) is 108 Å². The molecule has 0 aliphatic carbocycles. The van der Waals surface area contributed by atoms with Crippen LogP contribution >= 0.6 is 0 Å². The summed E-state index contributed by atoms with van der Waals surface area (Å²) < 4.78 is 10.2. The van der Waals surface area contributed by atoms with Crippen molar-refractivity contribution in [3.63, 3.8) is 0 Å². The number of nitrogens with zero attached hydrogens (tertiary/aromatic N) is 4. The van der Waals surface area contributed by atoms with Gasteiger partial charge in [-0.05, 0) is 59.9 Å².